The molecule has 0 rings (SSSR count). The Morgan fingerprint density at radius 1 is 1.57 bits per heavy atom. The first-order valence-electron chi connectivity index (χ1n) is 4.85. The third-order valence-corrected chi connectivity index (χ3v) is 2.92. The van der Waals surface area contributed by atoms with Crippen molar-refractivity contribution in [1.82, 2.24) is 0 Å². The molecule has 0 fully saturated rings. The highest BCUT2D eigenvalue weighted by Gasteiger charge is 2.17. The number of thioether (sulfide) groups is 1. The fourth-order valence-corrected chi connectivity index (χ4v) is 1.66. The number of methoxy groups -OCH3 is 1. The molecule has 4 heteroatoms. The molecule has 0 heterocycles. The van der Waals surface area contributed by atoms with E-state index in [1.165, 1.54) is 7.11 Å². The molecule has 0 aliphatic carbocycles. The van der Waals surface area contributed by atoms with Crippen LogP contribution in [0.2, 0.25) is 0 Å². The lowest BCUT2D eigenvalue weighted by atomic mass is 9.97. The predicted octanol–water partition coefficient (Wildman–Crippen LogP) is 1.69. The number of hydrogen-bond acceptors (Lipinski definition) is 4. The molecule has 0 amide bonds. The van der Waals surface area contributed by atoms with E-state index in [9.17, 15) is 9.90 Å². The van der Waals surface area contributed by atoms with Gasteiger partial charge in [0, 0.05) is 0 Å². The quantitative estimate of drug-likeness (QED) is 0.524. The second kappa shape index (κ2) is 8.12. The minimum Gasteiger partial charge on any atom is -0.469 e. The molecule has 0 bridgehead atoms. The van der Waals surface area contributed by atoms with Crippen LogP contribution < -0.4 is 0 Å². The van der Waals surface area contributed by atoms with E-state index < -0.39 is 0 Å². The number of carbonyl (C=O) groups excluding carboxylic acids is 1. The minimum absolute atomic E-state index is 0.00990. The monoisotopic (exact) mass is 220 g/mol. The van der Waals surface area contributed by atoms with Crippen molar-refractivity contribution in [2.45, 2.75) is 32.3 Å². The van der Waals surface area contributed by atoms with Crippen LogP contribution >= 0.6 is 11.8 Å². The summed E-state index contributed by atoms with van der Waals surface area (Å²) in [7, 11) is 1.37. The molecule has 0 radical (unpaired) electrons. The fraction of sp³-hybridized carbons (Fsp3) is 0.900. The second-order valence-electron chi connectivity index (χ2n) is 3.46. The molecule has 0 aliphatic heterocycles. The van der Waals surface area contributed by atoms with Gasteiger partial charge in [0.1, 0.15) is 0 Å². The third kappa shape index (κ3) is 6.27. The molecule has 1 N–H and O–H groups in total. The summed E-state index contributed by atoms with van der Waals surface area (Å²) >= 11 is 1.77. The average molecular weight is 220 g/mol. The summed E-state index contributed by atoms with van der Waals surface area (Å²) in [6, 6.07) is 0. The van der Waals surface area contributed by atoms with Crippen LogP contribution in [0.4, 0.5) is 0 Å². The highest BCUT2D eigenvalue weighted by atomic mass is 32.2. The second-order valence-corrected chi connectivity index (χ2v) is 4.45. The van der Waals surface area contributed by atoms with E-state index in [-0.39, 0.29) is 18.0 Å². The predicted molar refractivity (Wildman–Crippen MR) is 59.4 cm³/mol. The normalized spacial score (nSPS) is 14.9. The molecule has 0 aromatic carbocycles. The standard InChI is InChI=1S/C10H20O3S/c1-8(7-10(12)13-2)9(11)5-4-6-14-3/h8-9,11H,4-7H2,1-3H3. The molecular formula is C10H20O3S. The smallest absolute Gasteiger partial charge is 0.305 e. The fourth-order valence-electron chi connectivity index (χ4n) is 1.20. The Bertz CT molecular complexity index is 161. The summed E-state index contributed by atoms with van der Waals surface area (Å²) in [5.41, 5.74) is 0. The zero-order chi connectivity index (χ0) is 11.0. The number of esters is 1. The van der Waals surface area contributed by atoms with Crippen LogP contribution in [0.15, 0.2) is 0 Å². The molecule has 3 nitrogen and oxygen atoms in total. The van der Waals surface area contributed by atoms with Crippen molar-refractivity contribution in [3.05, 3.63) is 0 Å². The summed E-state index contributed by atoms with van der Waals surface area (Å²) in [4.78, 5) is 10.9. The van der Waals surface area contributed by atoms with Crippen LogP contribution in [-0.4, -0.2) is 36.3 Å². The van der Waals surface area contributed by atoms with E-state index in [4.69, 9.17) is 0 Å². The first-order chi connectivity index (χ1) is 6.61. The van der Waals surface area contributed by atoms with E-state index in [1.54, 1.807) is 11.8 Å². The molecule has 0 spiro atoms. The average Bonchev–Trinajstić information content (AvgIpc) is 2.17. The number of hydrogen-bond donors (Lipinski definition) is 1. The van der Waals surface area contributed by atoms with Gasteiger partial charge in [0.05, 0.1) is 19.6 Å². The number of aliphatic hydroxyl groups is 1. The highest BCUT2D eigenvalue weighted by Crippen LogP contribution is 2.14. The number of aliphatic hydroxyl groups excluding tert-OH is 1. The molecule has 2 unspecified atom stereocenters. The zero-order valence-electron chi connectivity index (χ0n) is 9.16. The third-order valence-electron chi connectivity index (χ3n) is 2.22. The minimum atomic E-state index is -0.388. The van der Waals surface area contributed by atoms with Gasteiger partial charge in [0.15, 0.2) is 0 Å². The van der Waals surface area contributed by atoms with Gasteiger partial charge in [-0.15, -0.1) is 0 Å². The van der Waals surface area contributed by atoms with Crippen molar-refractivity contribution in [1.29, 1.82) is 0 Å². The van der Waals surface area contributed by atoms with Crippen molar-refractivity contribution in [2.75, 3.05) is 19.1 Å². The molecule has 84 valence electrons. The highest BCUT2D eigenvalue weighted by molar-refractivity contribution is 7.98. The van der Waals surface area contributed by atoms with Crippen LogP contribution in [0.3, 0.4) is 0 Å². The Labute approximate surface area is 90.2 Å². The zero-order valence-corrected chi connectivity index (χ0v) is 9.97. The van der Waals surface area contributed by atoms with Gasteiger partial charge in [0.2, 0.25) is 0 Å². The summed E-state index contributed by atoms with van der Waals surface area (Å²) in [6.45, 7) is 1.88. The molecule has 2 atom stereocenters. The van der Waals surface area contributed by atoms with Crippen LogP contribution in [-0.2, 0) is 9.53 Å². The van der Waals surface area contributed by atoms with E-state index in [1.807, 2.05) is 13.2 Å². The van der Waals surface area contributed by atoms with Crippen LogP contribution in [0.25, 0.3) is 0 Å². The molecule has 0 aromatic heterocycles. The lowest BCUT2D eigenvalue weighted by Crippen LogP contribution is -2.21. The van der Waals surface area contributed by atoms with E-state index in [0.29, 0.717) is 6.42 Å². The van der Waals surface area contributed by atoms with Gasteiger partial charge in [-0.05, 0) is 30.8 Å². The first-order valence-corrected chi connectivity index (χ1v) is 6.25. The van der Waals surface area contributed by atoms with Gasteiger partial charge in [-0.1, -0.05) is 6.92 Å². The van der Waals surface area contributed by atoms with Gasteiger partial charge in [-0.2, -0.15) is 11.8 Å². The Morgan fingerprint density at radius 2 is 2.21 bits per heavy atom. The Kier molecular flexibility index (Phi) is 7.99. The van der Waals surface area contributed by atoms with Gasteiger partial charge in [0.25, 0.3) is 0 Å². The topological polar surface area (TPSA) is 46.5 Å². The summed E-state index contributed by atoms with van der Waals surface area (Å²) in [5, 5.41) is 9.67. The summed E-state index contributed by atoms with van der Waals surface area (Å²) in [5.74, 6) is 0.799. The first kappa shape index (κ1) is 13.8. The lowest BCUT2D eigenvalue weighted by molar-refractivity contribution is -0.142. The Morgan fingerprint density at radius 3 is 2.71 bits per heavy atom. The van der Waals surface area contributed by atoms with Gasteiger partial charge < -0.3 is 9.84 Å². The van der Waals surface area contributed by atoms with Gasteiger partial charge in [-0.25, -0.2) is 0 Å². The summed E-state index contributed by atoms with van der Waals surface area (Å²) < 4.78 is 4.54. The molecule has 0 saturated heterocycles. The van der Waals surface area contributed by atoms with Gasteiger partial charge >= 0.3 is 5.97 Å². The van der Waals surface area contributed by atoms with Crippen molar-refractivity contribution in [3.63, 3.8) is 0 Å². The van der Waals surface area contributed by atoms with Crippen LogP contribution in [0.1, 0.15) is 26.2 Å². The van der Waals surface area contributed by atoms with Crippen LogP contribution in [0, 0.1) is 5.92 Å². The summed E-state index contributed by atoms with van der Waals surface area (Å²) in [6.07, 6.45) is 3.72. The van der Waals surface area contributed by atoms with Crippen molar-refractivity contribution in [3.8, 4) is 0 Å². The molecule has 0 aromatic rings. The van der Waals surface area contributed by atoms with E-state index in [0.717, 1.165) is 18.6 Å². The van der Waals surface area contributed by atoms with E-state index in [2.05, 4.69) is 4.74 Å². The number of carbonyl (C=O) groups is 1. The van der Waals surface area contributed by atoms with Crippen molar-refractivity contribution in [2.24, 2.45) is 5.92 Å². The molecule has 0 saturated carbocycles. The number of rotatable bonds is 7. The Hall–Kier alpha value is -0.220. The Balaban J connectivity index is 3.64. The maximum Gasteiger partial charge on any atom is 0.305 e. The van der Waals surface area contributed by atoms with Crippen molar-refractivity contribution < 1.29 is 14.6 Å². The lowest BCUT2D eigenvalue weighted by Gasteiger charge is -2.17. The van der Waals surface area contributed by atoms with Crippen LogP contribution in [0.5, 0.6) is 0 Å². The van der Waals surface area contributed by atoms with E-state index >= 15 is 0 Å². The molecular weight excluding hydrogens is 200 g/mol. The largest absolute Gasteiger partial charge is 0.469 e. The SMILES string of the molecule is COC(=O)CC(C)C(O)CCCSC. The maximum absolute atomic E-state index is 10.9. The van der Waals surface area contributed by atoms with Gasteiger partial charge in [-0.3, -0.25) is 4.79 Å². The van der Waals surface area contributed by atoms with Crippen molar-refractivity contribution >= 4 is 17.7 Å². The maximum atomic E-state index is 10.9. The molecule has 14 heavy (non-hydrogen) atoms. The number of ether oxygens (including phenoxy) is 1. The molecule has 0 aliphatic rings.